The summed E-state index contributed by atoms with van der Waals surface area (Å²) in [6, 6.07) is 11.2. The van der Waals surface area contributed by atoms with Crippen molar-refractivity contribution >= 4 is 38.9 Å². The van der Waals surface area contributed by atoms with Crippen LogP contribution in [0.15, 0.2) is 47.4 Å². The zero-order chi connectivity index (χ0) is 23.3. The van der Waals surface area contributed by atoms with Gasteiger partial charge in [0, 0.05) is 38.5 Å². The lowest BCUT2D eigenvalue weighted by Crippen LogP contribution is -2.45. The summed E-state index contributed by atoms with van der Waals surface area (Å²) in [5.74, 6) is 0.147. The molecule has 1 aliphatic heterocycles. The number of benzene rings is 2. The lowest BCUT2D eigenvalue weighted by atomic mass is 10.1. The number of nitrogens with zero attached hydrogens (tertiary/aromatic N) is 1. The largest absolute Gasteiger partial charge is 0.490 e. The van der Waals surface area contributed by atoms with Gasteiger partial charge in [-0.3, -0.25) is 4.79 Å². The monoisotopic (exact) mass is 500 g/mol. The van der Waals surface area contributed by atoms with Crippen molar-refractivity contribution < 1.29 is 23.1 Å². The second kappa shape index (κ2) is 10.9. The number of carbonyl (C=O) groups is 1. The number of piperidine rings is 1. The smallest absolute Gasteiger partial charge is 0.252 e. The van der Waals surface area contributed by atoms with E-state index in [4.69, 9.17) is 27.9 Å². The van der Waals surface area contributed by atoms with Crippen LogP contribution in [0.25, 0.3) is 0 Å². The van der Waals surface area contributed by atoms with Gasteiger partial charge in [0.1, 0.15) is 11.9 Å². The SMILES string of the molecule is CS(=O)(=O)c1ccccc1C(=O)NCC(O)CN1CCC(Oc2ccc(Cl)c(Cl)c2)CC1. The van der Waals surface area contributed by atoms with Crippen LogP contribution in [-0.2, 0) is 9.84 Å². The van der Waals surface area contributed by atoms with Crippen LogP contribution in [-0.4, -0.2) is 69.0 Å². The lowest BCUT2D eigenvalue weighted by molar-refractivity contribution is 0.0593. The number of amides is 1. The quantitative estimate of drug-likeness (QED) is 0.578. The maximum Gasteiger partial charge on any atom is 0.252 e. The Morgan fingerprint density at radius 1 is 1.19 bits per heavy atom. The molecule has 0 saturated carbocycles. The Kier molecular flexibility index (Phi) is 8.41. The highest BCUT2D eigenvalue weighted by Gasteiger charge is 2.23. The van der Waals surface area contributed by atoms with Crippen molar-refractivity contribution in [1.29, 1.82) is 0 Å². The first kappa shape index (κ1) is 24.8. The molecule has 1 unspecified atom stereocenters. The first-order valence-electron chi connectivity index (χ1n) is 10.2. The van der Waals surface area contributed by atoms with Gasteiger partial charge in [0.2, 0.25) is 0 Å². The van der Waals surface area contributed by atoms with E-state index in [-0.39, 0.29) is 23.1 Å². The number of likely N-dealkylation sites (tertiary alicyclic amines) is 1. The van der Waals surface area contributed by atoms with E-state index in [1.165, 1.54) is 12.1 Å². The summed E-state index contributed by atoms with van der Waals surface area (Å²) in [5, 5.41) is 13.9. The Balaban J connectivity index is 1.44. The van der Waals surface area contributed by atoms with Crippen LogP contribution in [0, 0.1) is 0 Å². The van der Waals surface area contributed by atoms with E-state index in [9.17, 15) is 18.3 Å². The van der Waals surface area contributed by atoms with Crippen LogP contribution in [0.2, 0.25) is 10.0 Å². The van der Waals surface area contributed by atoms with Gasteiger partial charge in [0.25, 0.3) is 5.91 Å². The van der Waals surface area contributed by atoms with E-state index < -0.39 is 21.8 Å². The number of hydrogen-bond donors (Lipinski definition) is 2. The first-order valence-corrected chi connectivity index (χ1v) is 12.9. The van der Waals surface area contributed by atoms with Crippen molar-refractivity contribution in [2.24, 2.45) is 0 Å². The van der Waals surface area contributed by atoms with Crippen LogP contribution < -0.4 is 10.1 Å². The molecule has 0 aliphatic carbocycles. The molecular weight excluding hydrogens is 475 g/mol. The molecule has 3 rings (SSSR count). The maximum atomic E-state index is 12.4. The number of hydrogen-bond acceptors (Lipinski definition) is 6. The zero-order valence-electron chi connectivity index (χ0n) is 17.6. The molecule has 2 aromatic rings. The highest BCUT2D eigenvalue weighted by Crippen LogP contribution is 2.28. The Labute approximate surface area is 198 Å². The number of ether oxygens (including phenoxy) is 1. The van der Waals surface area contributed by atoms with Gasteiger partial charge in [-0.2, -0.15) is 0 Å². The topological polar surface area (TPSA) is 95.9 Å². The van der Waals surface area contributed by atoms with Gasteiger partial charge in [0.15, 0.2) is 9.84 Å². The molecule has 1 heterocycles. The van der Waals surface area contributed by atoms with Crippen molar-refractivity contribution in [3.8, 4) is 5.75 Å². The third kappa shape index (κ3) is 6.83. The predicted molar refractivity (Wildman–Crippen MR) is 124 cm³/mol. The Bertz CT molecular complexity index is 1060. The summed E-state index contributed by atoms with van der Waals surface area (Å²) < 4.78 is 29.7. The standard InChI is InChI=1S/C22H26Cl2N2O5S/c1-32(29,30)21-5-3-2-4-18(21)22(28)25-13-15(27)14-26-10-8-16(9-11-26)31-17-6-7-19(23)20(24)12-17/h2-7,12,15-16,27H,8-11,13-14H2,1H3,(H,25,28). The molecule has 10 heteroatoms. The van der Waals surface area contributed by atoms with Crippen molar-refractivity contribution in [2.75, 3.05) is 32.4 Å². The van der Waals surface area contributed by atoms with E-state index in [1.807, 2.05) is 0 Å². The maximum absolute atomic E-state index is 12.4. The van der Waals surface area contributed by atoms with Crippen LogP contribution in [0.5, 0.6) is 5.75 Å². The Hall–Kier alpha value is -1.84. The molecule has 1 fully saturated rings. The number of carbonyl (C=O) groups excluding carboxylic acids is 1. The molecule has 32 heavy (non-hydrogen) atoms. The highest BCUT2D eigenvalue weighted by molar-refractivity contribution is 7.90. The van der Waals surface area contributed by atoms with Crippen LogP contribution in [0.4, 0.5) is 0 Å². The predicted octanol–water partition coefficient (Wildman–Crippen LogP) is 3.03. The molecule has 2 N–H and O–H groups in total. The third-order valence-corrected chi connectivity index (χ3v) is 7.12. The van der Waals surface area contributed by atoms with E-state index in [0.29, 0.717) is 22.3 Å². The number of β-amino-alcohol motifs (C(OH)–C–C–N with tert-alkyl or cyclic N) is 1. The van der Waals surface area contributed by atoms with Crippen molar-refractivity contribution in [2.45, 2.75) is 29.9 Å². The highest BCUT2D eigenvalue weighted by atomic mass is 35.5. The number of aliphatic hydroxyl groups excluding tert-OH is 1. The normalized spacial score (nSPS) is 16.5. The molecule has 1 saturated heterocycles. The fraction of sp³-hybridized carbons (Fsp3) is 0.409. The zero-order valence-corrected chi connectivity index (χ0v) is 20.0. The number of rotatable bonds is 8. The van der Waals surface area contributed by atoms with Gasteiger partial charge in [-0.15, -0.1) is 0 Å². The minimum absolute atomic E-state index is 0.0244. The summed E-state index contributed by atoms with van der Waals surface area (Å²) in [7, 11) is -3.53. The molecule has 1 aliphatic rings. The minimum Gasteiger partial charge on any atom is -0.490 e. The second-order valence-corrected chi connectivity index (χ2v) is 10.6. The van der Waals surface area contributed by atoms with Crippen molar-refractivity contribution in [3.63, 3.8) is 0 Å². The molecule has 0 bridgehead atoms. The molecule has 174 valence electrons. The summed E-state index contributed by atoms with van der Waals surface area (Å²) in [6.45, 7) is 1.91. The summed E-state index contributed by atoms with van der Waals surface area (Å²) in [6.07, 6.45) is 1.91. The van der Waals surface area contributed by atoms with E-state index in [1.54, 1.807) is 30.3 Å². The van der Waals surface area contributed by atoms with Gasteiger partial charge >= 0.3 is 0 Å². The van der Waals surface area contributed by atoms with Crippen LogP contribution >= 0.6 is 23.2 Å². The van der Waals surface area contributed by atoms with Gasteiger partial charge in [-0.25, -0.2) is 8.42 Å². The molecule has 1 atom stereocenters. The molecule has 0 radical (unpaired) electrons. The van der Waals surface area contributed by atoms with Gasteiger partial charge in [-0.05, 0) is 37.1 Å². The molecule has 0 spiro atoms. The van der Waals surface area contributed by atoms with Gasteiger partial charge in [0.05, 0.1) is 26.6 Å². The second-order valence-electron chi connectivity index (χ2n) is 7.83. The summed E-state index contributed by atoms with van der Waals surface area (Å²) >= 11 is 12.0. The number of sulfone groups is 1. The van der Waals surface area contributed by atoms with Crippen LogP contribution in [0.1, 0.15) is 23.2 Å². The number of aliphatic hydroxyl groups is 1. The minimum atomic E-state index is -3.53. The average Bonchev–Trinajstić information content (AvgIpc) is 2.75. The fourth-order valence-corrected chi connectivity index (χ4v) is 4.77. The van der Waals surface area contributed by atoms with Gasteiger partial charge < -0.3 is 20.1 Å². The van der Waals surface area contributed by atoms with Crippen molar-refractivity contribution in [1.82, 2.24) is 10.2 Å². The average molecular weight is 501 g/mol. The summed E-state index contributed by atoms with van der Waals surface area (Å²) in [5.41, 5.74) is 0.0717. The van der Waals surface area contributed by atoms with E-state index >= 15 is 0 Å². The molecule has 0 aromatic heterocycles. The Morgan fingerprint density at radius 3 is 2.53 bits per heavy atom. The molecule has 2 aromatic carbocycles. The molecule has 7 nitrogen and oxygen atoms in total. The van der Waals surface area contributed by atoms with E-state index in [2.05, 4.69) is 10.2 Å². The molecule has 1 amide bonds. The lowest BCUT2D eigenvalue weighted by Gasteiger charge is -2.33. The van der Waals surface area contributed by atoms with Crippen LogP contribution in [0.3, 0.4) is 0 Å². The fourth-order valence-electron chi connectivity index (χ4n) is 3.60. The van der Waals surface area contributed by atoms with Gasteiger partial charge in [-0.1, -0.05) is 35.3 Å². The van der Waals surface area contributed by atoms with E-state index in [0.717, 1.165) is 32.2 Å². The number of nitrogens with one attached hydrogen (secondary N) is 1. The number of halogens is 2. The molecular formula is C22H26Cl2N2O5S. The third-order valence-electron chi connectivity index (χ3n) is 5.23. The van der Waals surface area contributed by atoms with Crippen molar-refractivity contribution in [3.05, 3.63) is 58.1 Å². The summed E-state index contributed by atoms with van der Waals surface area (Å²) in [4.78, 5) is 14.5. The first-order chi connectivity index (χ1) is 15.1. The Morgan fingerprint density at radius 2 is 1.88 bits per heavy atom.